The molecule has 0 atom stereocenters. The van der Waals surface area contributed by atoms with Gasteiger partial charge in [0, 0.05) is 25.6 Å². The number of carbonyl (C=O) groups excluding carboxylic acids is 1. The van der Waals surface area contributed by atoms with E-state index >= 15 is 0 Å². The quantitative estimate of drug-likeness (QED) is 0.556. The molecule has 0 bridgehead atoms. The molecule has 0 N–H and O–H groups in total. The van der Waals surface area contributed by atoms with Crippen LogP contribution in [-0.2, 0) is 13.6 Å². The van der Waals surface area contributed by atoms with E-state index < -0.39 is 0 Å². The Morgan fingerprint density at radius 3 is 2.85 bits per heavy atom. The standard InChI is InChI=1S/C19H17N5OS/c1-13-5-6-15-17(10-13)26-19(22-15)24(12-14-4-3-8-20-11-14)18(25)16-7-9-21-23(16)2/h3-11H,12H2,1-2H3. The third-order valence-corrected chi connectivity index (χ3v) is 5.15. The summed E-state index contributed by atoms with van der Waals surface area (Å²) in [6.07, 6.45) is 5.11. The lowest BCUT2D eigenvalue weighted by Crippen LogP contribution is -2.31. The van der Waals surface area contributed by atoms with Gasteiger partial charge in [0.2, 0.25) is 0 Å². The van der Waals surface area contributed by atoms with Gasteiger partial charge in [0.15, 0.2) is 5.13 Å². The molecule has 7 heteroatoms. The average Bonchev–Trinajstić information content (AvgIpc) is 3.25. The highest BCUT2D eigenvalue weighted by Crippen LogP contribution is 2.31. The van der Waals surface area contributed by atoms with Crippen LogP contribution in [0, 0.1) is 6.92 Å². The summed E-state index contributed by atoms with van der Waals surface area (Å²) >= 11 is 1.51. The van der Waals surface area contributed by atoms with E-state index in [4.69, 9.17) is 0 Å². The number of hydrogen-bond acceptors (Lipinski definition) is 5. The molecule has 4 aromatic rings. The first-order valence-electron chi connectivity index (χ1n) is 8.18. The molecule has 0 unspecified atom stereocenters. The van der Waals surface area contributed by atoms with Gasteiger partial charge in [-0.1, -0.05) is 23.5 Å². The first-order valence-corrected chi connectivity index (χ1v) is 8.99. The van der Waals surface area contributed by atoms with Crippen molar-refractivity contribution >= 4 is 32.6 Å². The maximum absolute atomic E-state index is 13.2. The van der Waals surface area contributed by atoms with Crippen LogP contribution in [0.15, 0.2) is 55.0 Å². The number of fused-ring (bicyclic) bond motifs is 1. The second-order valence-corrected chi connectivity index (χ2v) is 7.07. The van der Waals surface area contributed by atoms with Crippen molar-refractivity contribution in [3.05, 3.63) is 71.8 Å². The van der Waals surface area contributed by atoms with E-state index in [1.807, 2.05) is 31.2 Å². The molecule has 1 aromatic carbocycles. The zero-order valence-electron chi connectivity index (χ0n) is 14.5. The van der Waals surface area contributed by atoms with E-state index in [1.165, 1.54) is 16.9 Å². The van der Waals surface area contributed by atoms with E-state index in [1.54, 1.807) is 41.3 Å². The summed E-state index contributed by atoms with van der Waals surface area (Å²) in [5.74, 6) is -0.135. The van der Waals surface area contributed by atoms with Crippen molar-refractivity contribution in [3.63, 3.8) is 0 Å². The molecule has 0 radical (unpaired) electrons. The van der Waals surface area contributed by atoms with Gasteiger partial charge >= 0.3 is 0 Å². The van der Waals surface area contributed by atoms with Gasteiger partial charge in [0.1, 0.15) is 5.69 Å². The molecule has 4 rings (SSSR count). The minimum atomic E-state index is -0.135. The molecule has 1 amide bonds. The molecule has 0 aliphatic rings. The Morgan fingerprint density at radius 1 is 1.23 bits per heavy atom. The monoisotopic (exact) mass is 363 g/mol. The van der Waals surface area contributed by atoms with E-state index in [2.05, 4.69) is 21.1 Å². The van der Waals surface area contributed by atoms with Gasteiger partial charge in [0.25, 0.3) is 5.91 Å². The second-order valence-electron chi connectivity index (χ2n) is 6.06. The summed E-state index contributed by atoms with van der Waals surface area (Å²) in [5, 5.41) is 4.78. The van der Waals surface area contributed by atoms with E-state index in [0.717, 1.165) is 15.8 Å². The molecular formula is C19H17N5OS. The molecule has 3 aromatic heterocycles. The van der Waals surface area contributed by atoms with Crippen molar-refractivity contribution in [1.29, 1.82) is 0 Å². The molecule has 3 heterocycles. The largest absolute Gasteiger partial charge is 0.278 e. The Morgan fingerprint density at radius 2 is 2.12 bits per heavy atom. The zero-order chi connectivity index (χ0) is 18.1. The number of nitrogens with zero attached hydrogens (tertiary/aromatic N) is 5. The smallest absolute Gasteiger partial charge is 0.278 e. The summed E-state index contributed by atoms with van der Waals surface area (Å²) in [4.78, 5) is 23.7. The Hall–Kier alpha value is -3.06. The predicted octanol–water partition coefficient (Wildman–Crippen LogP) is 3.58. The van der Waals surface area contributed by atoms with Gasteiger partial charge in [-0.25, -0.2) is 4.98 Å². The van der Waals surface area contributed by atoms with Crippen molar-refractivity contribution in [2.24, 2.45) is 7.05 Å². The van der Waals surface area contributed by atoms with Gasteiger partial charge in [-0.05, 0) is 42.3 Å². The van der Waals surface area contributed by atoms with E-state index in [9.17, 15) is 4.79 Å². The van der Waals surface area contributed by atoms with Gasteiger partial charge in [-0.15, -0.1) is 0 Å². The van der Waals surface area contributed by atoms with Crippen molar-refractivity contribution in [1.82, 2.24) is 19.7 Å². The number of benzene rings is 1. The lowest BCUT2D eigenvalue weighted by Gasteiger charge is -2.19. The molecular weight excluding hydrogens is 346 g/mol. The third kappa shape index (κ3) is 3.09. The molecule has 0 spiro atoms. The summed E-state index contributed by atoms with van der Waals surface area (Å²) < 4.78 is 2.64. The molecule has 0 aliphatic carbocycles. The van der Waals surface area contributed by atoms with E-state index in [0.29, 0.717) is 17.4 Å². The number of anilines is 1. The number of amides is 1. The fourth-order valence-corrected chi connectivity index (χ4v) is 3.82. The number of rotatable bonds is 4. The molecule has 0 fully saturated rings. The normalized spacial score (nSPS) is 11.0. The molecule has 0 aliphatic heterocycles. The molecule has 6 nitrogen and oxygen atoms in total. The summed E-state index contributed by atoms with van der Waals surface area (Å²) in [5.41, 5.74) is 3.52. The number of aryl methyl sites for hydroxylation is 2. The maximum Gasteiger partial charge on any atom is 0.278 e. The summed E-state index contributed by atoms with van der Waals surface area (Å²) in [7, 11) is 1.76. The lowest BCUT2D eigenvalue weighted by molar-refractivity contribution is 0.0976. The van der Waals surface area contributed by atoms with Crippen molar-refractivity contribution in [2.45, 2.75) is 13.5 Å². The Bertz CT molecular complexity index is 1070. The van der Waals surface area contributed by atoms with Crippen LogP contribution in [0.25, 0.3) is 10.2 Å². The lowest BCUT2D eigenvalue weighted by atomic mass is 10.2. The molecule has 130 valence electrons. The van der Waals surface area contributed by atoms with Gasteiger partial charge < -0.3 is 0 Å². The maximum atomic E-state index is 13.2. The number of aromatic nitrogens is 4. The predicted molar refractivity (Wildman–Crippen MR) is 102 cm³/mol. The number of thiazole rings is 1. The highest BCUT2D eigenvalue weighted by molar-refractivity contribution is 7.22. The van der Waals surface area contributed by atoms with Crippen molar-refractivity contribution in [3.8, 4) is 0 Å². The molecule has 26 heavy (non-hydrogen) atoms. The van der Waals surface area contributed by atoms with Crippen LogP contribution in [0.2, 0.25) is 0 Å². The Labute approximate surface area is 154 Å². The Balaban J connectivity index is 1.78. The third-order valence-electron chi connectivity index (χ3n) is 4.11. The van der Waals surface area contributed by atoms with Crippen molar-refractivity contribution < 1.29 is 4.79 Å². The van der Waals surface area contributed by atoms with Crippen LogP contribution in [0.1, 0.15) is 21.6 Å². The highest BCUT2D eigenvalue weighted by atomic mass is 32.1. The number of carbonyl (C=O) groups is 1. The SMILES string of the molecule is Cc1ccc2nc(N(Cc3cccnc3)C(=O)c3ccnn3C)sc2c1. The van der Waals surface area contributed by atoms with Gasteiger partial charge in [-0.2, -0.15) is 5.10 Å². The fraction of sp³-hybridized carbons (Fsp3) is 0.158. The Kier molecular flexibility index (Phi) is 4.22. The number of pyridine rings is 1. The minimum absolute atomic E-state index is 0.135. The first-order chi connectivity index (χ1) is 12.6. The second kappa shape index (κ2) is 6.68. The van der Waals surface area contributed by atoms with Crippen molar-refractivity contribution in [2.75, 3.05) is 4.90 Å². The number of hydrogen-bond donors (Lipinski definition) is 0. The molecule has 0 saturated heterocycles. The summed E-state index contributed by atoms with van der Waals surface area (Å²) in [6, 6.07) is 11.6. The van der Waals surface area contributed by atoms with Crippen LogP contribution in [-0.4, -0.2) is 25.7 Å². The topological polar surface area (TPSA) is 63.9 Å². The van der Waals surface area contributed by atoms with Crippen LogP contribution < -0.4 is 4.90 Å². The fourth-order valence-electron chi connectivity index (χ4n) is 2.76. The van der Waals surface area contributed by atoms with Crippen LogP contribution in [0.4, 0.5) is 5.13 Å². The van der Waals surface area contributed by atoms with Crippen LogP contribution in [0.3, 0.4) is 0 Å². The average molecular weight is 363 g/mol. The highest BCUT2D eigenvalue weighted by Gasteiger charge is 2.24. The van der Waals surface area contributed by atoms with Crippen LogP contribution >= 0.6 is 11.3 Å². The summed E-state index contributed by atoms with van der Waals surface area (Å²) in [6.45, 7) is 2.45. The van der Waals surface area contributed by atoms with E-state index in [-0.39, 0.29) is 5.91 Å². The molecule has 0 saturated carbocycles. The van der Waals surface area contributed by atoms with Crippen LogP contribution in [0.5, 0.6) is 0 Å². The first kappa shape index (κ1) is 16.4. The minimum Gasteiger partial charge on any atom is -0.278 e. The van der Waals surface area contributed by atoms with Gasteiger partial charge in [0.05, 0.1) is 16.8 Å². The zero-order valence-corrected chi connectivity index (χ0v) is 15.3. The van der Waals surface area contributed by atoms with Gasteiger partial charge in [-0.3, -0.25) is 19.4 Å².